The third-order valence-corrected chi connectivity index (χ3v) is 7.71. The summed E-state index contributed by atoms with van der Waals surface area (Å²) in [5.74, 6) is -0.903. The molecule has 0 aliphatic carbocycles. The van der Waals surface area contributed by atoms with E-state index in [1.807, 2.05) is 26.0 Å². The number of nitrogens with zero attached hydrogens (tertiary/aromatic N) is 2. The number of aromatic nitrogens is 1. The predicted molar refractivity (Wildman–Crippen MR) is 144 cm³/mol. The minimum atomic E-state index is -3.75. The highest BCUT2D eigenvalue weighted by Gasteiger charge is 2.26. The van der Waals surface area contributed by atoms with E-state index in [1.54, 1.807) is 48.8 Å². The number of benzene rings is 2. The van der Waals surface area contributed by atoms with Gasteiger partial charge in [0.15, 0.2) is 0 Å². The van der Waals surface area contributed by atoms with Gasteiger partial charge in [-0.05, 0) is 59.5 Å². The van der Waals surface area contributed by atoms with Gasteiger partial charge in [0, 0.05) is 43.1 Å². The van der Waals surface area contributed by atoms with E-state index in [0.29, 0.717) is 24.7 Å². The summed E-state index contributed by atoms with van der Waals surface area (Å²) >= 11 is 5.93. The molecule has 0 spiro atoms. The Balaban J connectivity index is 0.00000456. The molecular formula is C26H31Cl2N3O4S. The Morgan fingerprint density at radius 3 is 2.25 bits per heavy atom. The van der Waals surface area contributed by atoms with Crippen molar-refractivity contribution in [3.63, 3.8) is 0 Å². The van der Waals surface area contributed by atoms with E-state index in [9.17, 15) is 18.3 Å². The van der Waals surface area contributed by atoms with E-state index in [-0.39, 0.29) is 34.8 Å². The Kier molecular flexibility index (Phi) is 11.3. The maximum atomic E-state index is 13.1. The van der Waals surface area contributed by atoms with Gasteiger partial charge in [-0.25, -0.2) is 17.9 Å². The zero-order valence-electron chi connectivity index (χ0n) is 20.2. The van der Waals surface area contributed by atoms with Crippen LogP contribution in [0.25, 0.3) is 0 Å². The van der Waals surface area contributed by atoms with Gasteiger partial charge < -0.3 is 5.11 Å². The monoisotopic (exact) mass is 551 g/mol. The predicted octanol–water partition coefficient (Wildman–Crippen LogP) is 5.25. The molecule has 0 unspecified atom stereocenters. The van der Waals surface area contributed by atoms with Gasteiger partial charge in [0.05, 0.1) is 10.5 Å². The van der Waals surface area contributed by atoms with Crippen molar-refractivity contribution in [1.82, 2.24) is 14.6 Å². The molecule has 3 rings (SSSR count). The van der Waals surface area contributed by atoms with Crippen LogP contribution in [-0.2, 0) is 23.1 Å². The van der Waals surface area contributed by atoms with Gasteiger partial charge >= 0.3 is 5.97 Å². The highest BCUT2D eigenvalue weighted by Crippen LogP contribution is 2.19. The van der Waals surface area contributed by atoms with Gasteiger partial charge in [-0.1, -0.05) is 50.1 Å². The van der Waals surface area contributed by atoms with Crippen LogP contribution in [0.5, 0.6) is 0 Å². The molecule has 0 aliphatic rings. The molecule has 2 aromatic carbocycles. The van der Waals surface area contributed by atoms with Crippen LogP contribution in [-0.4, -0.2) is 42.0 Å². The number of nitrogens with one attached hydrogen (secondary N) is 1. The van der Waals surface area contributed by atoms with Crippen molar-refractivity contribution < 1.29 is 18.3 Å². The zero-order chi connectivity index (χ0) is 25.4. The number of pyridine rings is 1. The Hall–Kier alpha value is -2.49. The first-order chi connectivity index (χ1) is 16.7. The Morgan fingerprint density at radius 2 is 1.69 bits per heavy atom. The number of aromatic carboxylic acids is 1. The number of halogens is 2. The Morgan fingerprint density at radius 1 is 1.06 bits per heavy atom. The molecular weight excluding hydrogens is 521 g/mol. The van der Waals surface area contributed by atoms with Gasteiger partial charge in [-0.2, -0.15) is 0 Å². The largest absolute Gasteiger partial charge is 0.478 e. The van der Waals surface area contributed by atoms with Crippen LogP contribution in [0.4, 0.5) is 0 Å². The number of hydrogen-bond acceptors (Lipinski definition) is 5. The second-order valence-corrected chi connectivity index (χ2v) is 10.8. The molecule has 36 heavy (non-hydrogen) atoms. The summed E-state index contributed by atoms with van der Waals surface area (Å²) in [5, 5.41) is 9.66. The quantitative estimate of drug-likeness (QED) is 0.319. The van der Waals surface area contributed by atoms with Crippen molar-refractivity contribution in [3.8, 4) is 0 Å². The average molecular weight is 553 g/mol. The first-order valence-electron chi connectivity index (χ1n) is 11.4. The smallest absolute Gasteiger partial charge is 0.335 e. The molecule has 1 heterocycles. The average Bonchev–Trinajstić information content (AvgIpc) is 2.84. The molecule has 3 aromatic rings. The summed E-state index contributed by atoms with van der Waals surface area (Å²) in [4.78, 5) is 17.7. The van der Waals surface area contributed by atoms with Crippen LogP contribution in [0.3, 0.4) is 0 Å². The number of carboxylic acids is 1. The summed E-state index contributed by atoms with van der Waals surface area (Å²) < 4.78 is 29.2. The molecule has 10 heteroatoms. The number of sulfonamides is 1. The highest BCUT2D eigenvalue weighted by atomic mass is 35.5. The Bertz CT molecular complexity index is 1210. The summed E-state index contributed by atoms with van der Waals surface area (Å²) in [6.07, 6.45) is 4.29. The molecule has 7 nitrogen and oxygen atoms in total. The molecule has 0 radical (unpaired) electrons. The molecule has 2 atom stereocenters. The molecule has 0 aliphatic heterocycles. The van der Waals surface area contributed by atoms with Crippen molar-refractivity contribution in [1.29, 1.82) is 0 Å². The number of carbonyl (C=O) groups is 1. The molecule has 0 saturated carbocycles. The maximum absolute atomic E-state index is 13.1. The zero-order valence-corrected chi connectivity index (χ0v) is 22.6. The van der Waals surface area contributed by atoms with Crippen LogP contribution in [0, 0.1) is 5.92 Å². The minimum Gasteiger partial charge on any atom is -0.478 e. The third kappa shape index (κ3) is 8.57. The second-order valence-electron chi connectivity index (χ2n) is 8.60. The second kappa shape index (κ2) is 13.7. The number of rotatable bonds is 12. The molecule has 0 saturated heterocycles. The van der Waals surface area contributed by atoms with Crippen LogP contribution in [0.1, 0.15) is 41.8 Å². The molecule has 2 N–H and O–H groups in total. The number of carboxylic acid groups (broad SMARTS) is 1. The molecule has 0 bridgehead atoms. The fourth-order valence-corrected chi connectivity index (χ4v) is 5.18. The van der Waals surface area contributed by atoms with Crippen LogP contribution >= 0.6 is 24.0 Å². The van der Waals surface area contributed by atoms with Gasteiger partial charge in [0.2, 0.25) is 10.0 Å². The van der Waals surface area contributed by atoms with Crippen LogP contribution < -0.4 is 4.72 Å². The number of hydrogen-bond donors (Lipinski definition) is 2. The van der Waals surface area contributed by atoms with E-state index in [4.69, 9.17) is 11.6 Å². The van der Waals surface area contributed by atoms with Crippen LogP contribution in [0.15, 0.2) is 78.0 Å². The van der Waals surface area contributed by atoms with Crippen molar-refractivity contribution >= 4 is 40.0 Å². The molecule has 0 amide bonds. The lowest BCUT2D eigenvalue weighted by atomic mass is 9.99. The molecule has 194 valence electrons. The van der Waals surface area contributed by atoms with E-state index in [0.717, 1.165) is 17.5 Å². The van der Waals surface area contributed by atoms with E-state index in [1.165, 1.54) is 12.1 Å². The minimum absolute atomic E-state index is 0. The maximum Gasteiger partial charge on any atom is 0.335 e. The lowest BCUT2D eigenvalue weighted by molar-refractivity contribution is 0.0697. The van der Waals surface area contributed by atoms with Gasteiger partial charge in [-0.3, -0.25) is 9.88 Å². The summed E-state index contributed by atoms with van der Waals surface area (Å²) in [6, 6.07) is 16.3. The van der Waals surface area contributed by atoms with E-state index < -0.39 is 16.0 Å². The van der Waals surface area contributed by atoms with Crippen molar-refractivity contribution in [2.75, 3.05) is 6.54 Å². The van der Waals surface area contributed by atoms with Crippen LogP contribution in [0.2, 0.25) is 5.02 Å². The fourth-order valence-electron chi connectivity index (χ4n) is 3.72. The summed E-state index contributed by atoms with van der Waals surface area (Å²) in [7, 11) is -3.75. The fraction of sp³-hybridized carbons (Fsp3) is 0.308. The van der Waals surface area contributed by atoms with Gasteiger partial charge in [-0.15, -0.1) is 12.4 Å². The van der Waals surface area contributed by atoms with E-state index in [2.05, 4.69) is 14.6 Å². The highest BCUT2D eigenvalue weighted by molar-refractivity contribution is 7.89. The Labute approximate surface area is 224 Å². The van der Waals surface area contributed by atoms with Gasteiger partial charge in [0.1, 0.15) is 0 Å². The summed E-state index contributed by atoms with van der Waals surface area (Å²) in [6.45, 7) is 5.59. The third-order valence-electron chi connectivity index (χ3n) is 5.95. The SMILES string of the molecule is CC[C@H](C)[C@@H](CN(Cc1ccc(C(=O)O)cc1)Cc1cccnc1)NS(=O)(=O)c1ccc(Cl)cc1.Cl. The first-order valence-corrected chi connectivity index (χ1v) is 13.3. The molecule has 0 fully saturated rings. The van der Waals surface area contributed by atoms with Crippen molar-refractivity contribution in [3.05, 3.63) is 94.8 Å². The summed E-state index contributed by atoms with van der Waals surface area (Å²) in [5.41, 5.74) is 2.15. The van der Waals surface area contributed by atoms with Crippen molar-refractivity contribution in [2.24, 2.45) is 5.92 Å². The van der Waals surface area contributed by atoms with Gasteiger partial charge in [0.25, 0.3) is 0 Å². The standard InChI is InChI=1S/C26H30ClN3O4S.ClH/c1-3-19(2)25(29-35(33,34)24-12-10-23(27)11-13-24)18-30(17-21-5-4-14-28-15-21)16-20-6-8-22(9-7-20)26(31)32;/h4-15,19,25,29H,3,16-18H2,1-2H3,(H,31,32);1H/t19-,25+;/m0./s1. The van der Waals surface area contributed by atoms with E-state index >= 15 is 0 Å². The topological polar surface area (TPSA) is 99.6 Å². The lowest BCUT2D eigenvalue weighted by Crippen LogP contribution is -2.46. The normalized spacial score (nSPS) is 13.1. The van der Waals surface area contributed by atoms with Crippen molar-refractivity contribution in [2.45, 2.75) is 44.3 Å². The molecule has 1 aromatic heterocycles. The lowest BCUT2D eigenvalue weighted by Gasteiger charge is -2.31. The first kappa shape index (κ1) is 29.7.